The number of hydrogen-bond acceptors (Lipinski definition) is 7. The topological polar surface area (TPSA) is 96.1 Å². The van der Waals surface area contributed by atoms with Gasteiger partial charge in [-0.15, -0.1) is 10.2 Å². The van der Waals surface area contributed by atoms with Crippen LogP contribution in [0.4, 0.5) is 16.0 Å². The Morgan fingerprint density at radius 1 is 1.25 bits per heavy atom. The first-order valence-corrected chi connectivity index (χ1v) is 11.1. The molecule has 1 aliphatic heterocycles. The van der Waals surface area contributed by atoms with E-state index in [1.54, 1.807) is 28.8 Å². The van der Waals surface area contributed by atoms with Crippen LogP contribution in [-0.2, 0) is 9.53 Å². The van der Waals surface area contributed by atoms with E-state index in [0.717, 1.165) is 0 Å². The fraction of sp³-hybridized carbons (Fsp3) is 0.238. The van der Waals surface area contributed by atoms with Gasteiger partial charge in [0.05, 0.1) is 35.2 Å². The standard InChI is InChI=1S/C21H18ClFN6O2S/c22-18-11-16(5-4-14(18)12-24)25-19(30)13-32-21-27-26-20(28-6-8-31-9-7-28)29(21)17-3-1-2-15(23)10-17/h1-5,10-11H,6-9,13H2,(H,25,30). The number of rotatable bonds is 6. The average molecular weight is 473 g/mol. The molecule has 1 aromatic heterocycles. The van der Waals surface area contributed by atoms with Gasteiger partial charge in [-0.1, -0.05) is 29.4 Å². The van der Waals surface area contributed by atoms with Crippen molar-refractivity contribution in [2.45, 2.75) is 5.16 Å². The first-order valence-electron chi connectivity index (χ1n) is 9.71. The van der Waals surface area contributed by atoms with E-state index in [1.807, 2.05) is 11.0 Å². The van der Waals surface area contributed by atoms with Crippen LogP contribution in [0, 0.1) is 17.1 Å². The number of amides is 1. The van der Waals surface area contributed by atoms with Crippen molar-refractivity contribution in [1.82, 2.24) is 14.8 Å². The van der Waals surface area contributed by atoms with Crippen molar-refractivity contribution in [3.8, 4) is 11.8 Å². The SMILES string of the molecule is N#Cc1ccc(NC(=O)CSc2nnc(N3CCOCC3)n2-c2cccc(F)c2)cc1Cl. The predicted molar refractivity (Wildman–Crippen MR) is 120 cm³/mol. The third-order valence-electron chi connectivity index (χ3n) is 4.68. The van der Waals surface area contributed by atoms with Gasteiger partial charge in [0.25, 0.3) is 0 Å². The van der Waals surface area contributed by atoms with Gasteiger partial charge in [0.1, 0.15) is 11.9 Å². The summed E-state index contributed by atoms with van der Waals surface area (Å²) in [6.07, 6.45) is 0. The smallest absolute Gasteiger partial charge is 0.234 e. The summed E-state index contributed by atoms with van der Waals surface area (Å²) in [5.74, 6) is -0.0394. The fourth-order valence-electron chi connectivity index (χ4n) is 3.18. The maximum absolute atomic E-state index is 13.9. The highest BCUT2D eigenvalue weighted by molar-refractivity contribution is 7.99. The molecule has 2 heterocycles. The minimum atomic E-state index is -0.379. The first kappa shape index (κ1) is 22.1. The number of halogens is 2. The van der Waals surface area contributed by atoms with Gasteiger partial charge in [-0.2, -0.15) is 5.26 Å². The van der Waals surface area contributed by atoms with Crippen molar-refractivity contribution < 1.29 is 13.9 Å². The normalized spacial score (nSPS) is 13.6. The highest BCUT2D eigenvalue weighted by Gasteiger charge is 2.22. The number of benzene rings is 2. The van der Waals surface area contributed by atoms with Crippen LogP contribution >= 0.6 is 23.4 Å². The van der Waals surface area contributed by atoms with Crippen molar-refractivity contribution in [3.63, 3.8) is 0 Å². The van der Waals surface area contributed by atoms with Crippen LogP contribution in [-0.4, -0.2) is 52.7 Å². The molecule has 1 fully saturated rings. The van der Waals surface area contributed by atoms with E-state index >= 15 is 0 Å². The second kappa shape index (κ2) is 9.99. The number of nitrogens with zero attached hydrogens (tertiary/aromatic N) is 5. The van der Waals surface area contributed by atoms with Crippen molar-refractivity contribution >= 4 is 40.9 Å². The molecule has 8 nitrogen and oxygen atoms in total. The molecule has 0 saturated carbocycles. The number of carbonyl (C=O) groups is 1. The van der Waals surface area contributed by atoms with Gasteiger partial charge in [0, 0.05) is 18.8 Å². The van der Waals surface area contributed by atoms with Crippen LogP contribution < -0.4 is 10.2 Å². The Balaban J connectivity index is 1.53. The van der Waals surface area contributed by atoms with Gasteiger partial charge >= 0.3 is 0 Å². The summed E-state index contributed by atoms with van der Waals surface area (Å²) >= 11 is 7.20. The molecule has 1 aliphatic rings. The van der Waals surface area contributed by atoms with E-state index in [9.17, 15) is 9.18 Å². The van der Waals surface area contributed by atoms with Crippen molar-refractivity contribution in [1.29, 1.82) is 5.26 Å². The third-order valence-corrected chi connectivity index (χ3v) is 5.92. The van der Waals surface area contributed by atoms with Crippen LogP contribution in [0.3, 0.4) is 0 Å². The Kier molecular flexibility index (Phi) is 6.90. The van der Waals surface area contributed by atoms with Crippen LogP contribution in [0.1, 0.15) is 5.56 Å². The van der Waals surface area contributed by atoms with Crippen molar-refractivity contribution in [2.24, 2.45) is 0 Å². The minimum Gasteiger partial charge on any atom is -0.378 e. The second-order valence-electron chi connectivity index (χ2n) is 6.84. The van der Waals surface area contributed by atoms with E-state index < -0.39 is 0 Å². The lowest BCUT2D eigenvalue weighted by Gasteiger charge is -2.27. The number of carbonyl (C=O) groups excluding carboxylic acids is 1. The zero-order valence-corrected chi connectivity index (χ0v) is 18.4. The van der Waals surface area contributed by atoms with E-state index in [4.69, 9.17) is 21.6 Å². The summed E-state index contributed by atoms with van der Waals surface area (Å²) in [7, 11) is 0. The van der Waals surface area contributed by atoms with Crippen LogP contribution in [0.15, 0.2) is 47.6 Å². The Morgan fingerprint density at radius 2 is 2.06 bits per heavy atom. The van der Waals surface area contributed by atoms with Crippen LogP contribution in [0.25, 0.3) is 5.69 Å². The molecule has 164 valence electrons. The van der Waals surface area contributed by atoms with Crippen molar-refractivity contribution in [3.05, 3.63) is 58.9 Å². The summed E-state index contributed by atoms with van der Waals surface area (Å²) < 4.78 is 21.1. The largest absolute Gasteiger partial charge is 0.378 e. The summed E-state index contributed by atoms with van der Waals surface area (Å²) in [5, 5.41) is 21.0. The maximum atomic E-state index is 13.9. The molecular weight excluding hydrogens is 455 g/mol. The van der Waals surface area contributed by atoms with Gasteiger partial charge in [0.2, 0.25) is 11.9 Å². The Bertz CT molecular complexity index is 1180. The molecule has 0 aliphatic carbocycles. The molecule has 11 heteroatoms. The summed E-state index contributed by atoms with van der Waals surface area (Å²) in [6, 6.07) is 12.8. The number of aromatic nitrogens is 3. The molecule has 0 unspecified atom stereocenters. The first-order chi connectivity index (χ1) is 15.5. The molecule has 1 N–H and O–H groups in total. The number of hydrogen-bond donors (Lipinski definition) is 1. The molecule has 0 bridgehead atoms. The summed E-state index contributed by atoms with van der Waals surface area (Å²) in [4.78, 5) is 14.5. The summed E-state index contributed by atoms with van der Waals surface area (Å²) in [6.45, 7) is 2.40. The molecular formula is C21H18ClFN6O2S. The van der Waals surface area contributed by atoms with Gasteiger partial charge in [-0.3, -0.25) is 9.36 Å². The quantitative estimate of drug-likeness (QED) is 0.548. The lowest BCUT2D eigenvalue weighted by Crippen LogP contribution is -2.37. The zero-order valence-electron chi connectivity index (χ0n) is 16.8. The number of anilines is 2. The molecule has 0 spiro atoms. The molecule has 1 saturated heterocycles. The van der Waals surface area contributed by atoms with E-state index in [1.165, 1.54) is 30.0 Å². The number of thioether (sulfide) groups is 1. The van der Waals surface area contributed by atoms with E-state index in [2.05, 4.69) is 15.5 Å². The Hall–Kier alpha value is -3.13. The number of nitriles is 1. The predicted octanol–water partition coefficient (Wildman–Crippen LogP) is 3.50. The van der Waals surface area contributed by atoms with Gasteiger partial charge < -0.3 is 15.0 Å². The zero-order chi connectivity index (χ0) is 22.5. The number of ether oxygens (including phenoxy) is 1. The third kappa shape index (κ3) is 5.02. The molecule has 1 amide bonds. The maximum Gasteiger partial charge on any atom is 0.234 e. The second-order valence-corrected chi connectivity index (χ2v) is 8.19. The molecule has 4 rings (SSSR count). The lowest BCUT2D eigenvalue weighted by molar-refractivity contribution is -0.113. The van der Waals surface area contributed by atoms with Crippen LogP contribution in [0.5, 0.6) is 0 Å². The molecule has 0 radical (unpaired) electrons. The number of morpholine rings is 1. The Morgan fingerprint density at radius 3 is 2.78 bits per heavy atom. The highest BCUT2D eigenvalue weighted by Crippen LogP contribution is 2.28. The number of nitrogens with one attached hydrogen (secondary N) is 1. The van der Waals surface area contributed by atoms with Crippen molar-refractivity contribution in [2.75, 3.05) is 42.3 Å². The molecule has 0 atom stereocenters. The monoisotopic (exact) mass is 472 g/mol. The van der Waals surface area contributed by atoms with E-state index in [0.29, 0.717) is 54.3 Å². The lowest BCUT2D eigenvalue weighted by atomic mass is 10.2. The van der Waals surface area contributed by atoms with Gasteiger partial charge in [-0.05, 0) is 36.4 Å². The van der Waals surface area contributed by atoms with E-state index in [-0.39, 0.29) is 22.5 Å². The Labute approximate surface area is 192 Å². The summed E-state index contributed by atoms with van der Waals surface area (Å²) in [5.41, 5.74) is 1.39. The average Bonchev–Trinajstić information content (AvgIpc) is 3.22. The van der Waals surface area contributed by atoms with Gasteiger partial charge in [0.15, 0.2) is 5.16 Å². The molecule has 3 aromatic rings. The fourth-order valence-corrected chi connectivity index (χ4v) is 4.15. The molecule has 32 heavy (non-hydrogen) atoms. The highest BCUT2D eigenvalue weighted by atomic mass is 35.5. The minimum absolute atomic E-state index is 0.0498. The van der Waals surface area contributed by atoms with Crippen LogP contribution in [0.2, 0.25) is 5.02 Å². The molecule has 2 aromatic carbocycles. The van der Waals surface area contributed by atoms with Gasteiger partial charge in [-0.25, -0.2) is 4.39 Å².